The monoisotopic (exact) mass is 230 g/mol. The van der Waals surface area contributed by atoms with Crippen LogP contribution in [-0.4, -0.2) is 34.9 Å². The van der Waals surface area contributed by atoms with E-state index in [0.717, 1.165) is 12.5 Å². The SMILES string of the molecule is CCC(C)(C)C(O)COC(=O)/C=C/C(=O)O. The van der Waals surface area contributed by atoms with Gasteiger partial charge in [0.05, 0.1) is 6.10 Å². The van der Waals surface area contributed by atoms with Crippen molar-refractivity contribution in [2.45, 2.75) is 33.3 Å². The van der Waals surface area contributed by atoms with Crippen molar-refractivity contribution in [1.82, 2.24) is 0 Å². The molecule has 0 rings (SSSR count). The molecule has 0 saturated heterocycles. The van der Waals surface area contributed by atoms with Crippen LogP contribution in [0.3, 0.4) is 0 Å². The lowest BCUT2D eigenvalue weighted by Crippen LogP contribution is -2.33. The lowest BCUT2D eigenvalue weighted by atomic mass is 9.84. The highest BCUT2D eigenvalue weighted by atomic mass is 16.5. The minimum absolute atomic E-state index is 0.135. The average Bonchev–Trinajstić information content (AvgIpc) is 2.22. The van der Waals surface area contributed by atoms with Gasteiger partial charge in [-0.15, -0.1) is 0 Å². The van der Waals surface area contributed by atoms with Crippen LogP contribution in [0.2, 0.25) is 0 Å². The van der Waals surface area contributed by atoms with E-state index in [-0.39, 0.29) is 12.0 Å². The highest BCUT2D eigenvalue weighted by Crippen LogP contribution is 2.24. The second-order valence-electron chi connectivity index (χ2n) is 4.16. The van der Waals surface area contributed by atoms with Crippen LogP contribution in [0.15, 0.2) is 12.2 Å². The van der Waals surface area contributed by atoms with Gasteiger partial charge in [-0.3, -0.25) is 0 Å². The summed E-state index contributed by atoms with van der Waals surface area (Å²) in [4.78, 5) is 21.1. The lowest BCUT2D eigenvalue weighted by Gasteiger charge is -2.28. The number of rotatable bonds is 6. The molecule has 2 N–H and O–H groups in total. The van der Waals surface area contributed by atoms with Gasteiger partial charge in [0.25, 0.3) is 0 Å². The summed E-state index contributed by atoms with van der Waals surface area (Å²) in [6.07, 6.45) is 1.49. The topological polar surface area (TPSA) is 83.8 Å². The van der Waals surface area contributed by atoms with Gasteiger partial charge >= 0.3 is 11.9 Å². The third-order valence-corrected chi connectivity index (χ3v) is 2.56. The Bertz CT molecular complexity index is 280. The van der Waals surface area contributed by atoms with Gasteiger partial charge in [-0.1, -0.05) is 20.8 Å². The smallest absolute Gasteiger partial charge is 0.331 e. The molecule has 16 heavy (non-hydrogen) atoms. The summed E-state index contributed by atoms with van der Waals surface area (Å²) in [5.41, 5.74) is -0.337. The molecule has 0 aromatic carbocycles. The fourth-order valence-electron chi connectivity index (χ4n) is 0.810. The van der Waals surface area contributed by atoms with Crippen molar-refractivity contribution in [1.29, 1.82) is 0 Å². The predicted octanol–water partition coefficient (Wildman–Crippen LogP) is 0.967. The number of hydrogen-bond acceptors (Lipinski definition) is 4. The fraction of sp³-hybridized carbons (Fsp3) is 0.636. The van der Waals surface area contributed by atoms with Gasteiger partial charge in [0.2, 0.25) is 0 Å². The number of carboxylic acids is 1. The van der Waals surface area contributed by atoms with Gasteiger partial charge in [-0.25, -0.2) is 9.59 Å². The maximum Gasteiger partial charge on any atom is 0.331 e. The Hall–Kier alpha value is -1.36. The molecular weight excluding hydrogens is 212 g/mol. The Kier molecular flexibility index (Phi) is 5.74. The van der Waals surface area contributed by atoms with Crippen molar-refractivity contribution in [3.63, 3.8) is 0 Å². The highest BCUT2D eigenvalue weighted by molar-refractivity contribution is 5.90. The van der Waals surface area contributed by atoms with Crippen LogP contribution in [0.5, 0.6) is 0 Å². The molecule has 0 spiro atoms. The molecule has 0 amide bonds. The molecular formula is C11H18O5. The second-order valence-corrected chi connectivity index (χ2v) is 4.16. The normalized spacial score (nSPS) is 13.8. The molecule has 0 aromatic heterocycles. The summed E-state index contributed by atoms with van der Waals surface area (Å²) < 4.78 is 4.70. The Morgan fingerprint density at radius 1 is 1.38 bits per heavy atom. The van der Waals surface area contributed by atoms with Crippen LogP contribution < -0.4 is 0 Å². The van der Waals surface area contributed by atoms with Gasteiger partial charge < -0.3 is 14.9 Å². The summed E-state index contributed by atoms with van der Waals surface area (Å²) in [5, 5.41) is 17.9. The molecule has 5 heteroatoms. The Morgan fingerprint density at radius 2 is 1.94 bits per heavy atom. The van der Waals surface area contributed by atoms with Crippen LogP contribution in [0.25, 0.3) is 0 Å². The van der Waals surface area contributed by atoms with Crippen molar-refractivity contribution in [3.05, 3.63) is 12.2 Å². The van der Waals surface area contributed by atoms with Crippen molar-refractivity contribution < 1.29 is 24.5 Å². The molecule has 0 bridgehead atoms. The van der Waals surface area contributed by atoms with E-state index < -0.39 is 18.0 Å². The zero-order valence-corrected chi connectivity index (χ0v) is 9.77. The Labute approximate surface area is 94.7 Å². The number of aliphatic carboxylic acids is 1. The van der Waals surface area contributed by atoms with Crippen molar-refractivity contribution >= 4 is 11.9 Å². The van der Waals surface area contributed by atoms with Gasteiger partial charge in [-0.05, 0) is 11.8 Å². The van der Waals surface area contributed by atoms with Crippen LogP contribution in [-0.2, 0) is 14.3 Å². The number of aliphatic hydroxyl groups excluding tert-OH is 1. The lowest BCUT2D eigenvalue weighted by molar-refractivity contribution is -0.143. The summed E-state index contributed by atoms with van der Waals surface area (Å²) in [5.74, 6) is -1.99. The molecule has 0 fully saturated rings. The maximum absolute atomic E-state index is 11.0. The summed E-state index contributed by atoms with van der Waals surface area (Å²) in [6.45, 7) is 5.51. The molecule has 0 radical (unpaired) electrons. The Morgan fingerprint density at radius 3 is 2.38 bits per heavy atom. The van der Waals surface area contributed by atoms with E-state index in [2.05, 4.69) is 0 Å². The van der Waals surface area contributed by atoms with Crippen LogP contribution in [0, 0.1) is 5.41 Å². The number of aliphatic hydroxyl groups is 1. The van der Waals surface area contributed by atoms with Crippen molar-refractivity contribution in [2.75, 3.05) is 6.61 Å². The van der Waals surface area contributed by atoms with E-state index in [1.165, 1.54) is 0 Å². The van der Waals surface area contributed by atoms with Gasteiger partial charge in [0.15, 0.2) is 0 Å². The van der Waals surface area contributed by atoms with Crippen LogP contribution >= 0.6 is 0 Å². The molecule has 1 unspecified atom stereocenters. The number of ether oxygens (including phenoxy) is 1. The zero-order chi connectivity index (χ0) is 12.8. The van der Waals surface area contributed by atoms with E-state index in [4.69, 9.17) is 9.84 Å². The molecule has 5 nitrogen and oxygen atoms in total. The first-order chi connectivity index (χ1) is 7.29. The standard InChI is InChI=1S/C11H18O5/c1-4-11(2,3)8(12)7-16-10(15)6-5-9(13)14/h5-6,8,12H,4,7H2,1-3H3,(H,13,14)/b6-5+. The number of esters is 1. The van der Waals surface area contributed by atoms with Gasteiger partial charge in [0.1, 0.15) is 6.61 Å². The number of carboxylic acid groups (broad SMARTS) is 1. The molecule has 0 aliphatic heterocycles. The summed E-state index contributed by atoms with van der Waals surface area (Å²) >= 11 is 0. The predicted molar refractivity (Wildman–Crippen MR) is 57.8 cm³/mol. The van der Waals surface area contributed by atoms with E-state index in [1.54, 1.807) is 0 Å². The van der Waals surface area contributed by atoms with Crippen LogP contribution in [0.1, 0.15) is 27.2 Å². The maximum atomic E-state index is 11.0. The van der Waals surface area contributed by atoms with Gasteiger partial charge in [0, 0.05) is 12.2 Å². The van der Waals surface area contributed by atoms with Crippen molar-refractivity contribution in [3.8, 4) is 0 Å². The molecule has 0 saturated carbocycles. The highest BCUT2D eigenvalue weighted by Gasteiger charge is 2.26. The van der Waals surface area contributed by atoms with E-state index in [0.29, 0.717) is 6.08 Å². The molecule has 0 aromatic rings. The van der Waals surface area contributed by atoms with Gasteiger partial charge in [-0.2, -0.15) is 0 Å². The Balaban J connectivity index is 4.07. The number of hydrogen-bond donors (Lipinski definition) is 2. The minimum Gasteiger partial charge on any atom is -0.478 e. The summed E-state index contributed by atoms with van der Waals surface area (Å²) in [6, 6.07) is 0. The third kappa shape index (κ3) is 5.50. The summed E-state index contributed by atoms with van der Waals surface area (Å²) in [7, 11) is 0. The molecule has 0 heterocycles. The largest absolute Gasteiger partial charge is 0.478 e. The minimum atomic E-state index is -1.22. The molecule has 0 aliphatic rings. The first kappa shape index (κ1) is 14.6. The number of carbonyl (C=O) groups excluding carboxylic acids is 1. The first-order valence-electron chi connectivity index (χ1n) is 5.05. The molecule has 1 atom stereocenters. The fourth-order valence-corrected chi connectivity index (χ4v) is 0.810. The average molecular weight is 230 g/mol. The van der Waals surface area contributed by atoms with E-state index in [1.807, 2.05) is 20.8 Å². The third-order valence-electron chi connectivity index (χ3n) is 2.56. The van der Waals surface area contributed by atoms with E-state index >= 15 is 0 Å². The molecule has 92 valence electrons. The molecule has 0 aliphatic carbocycles. The first-order valence-corrected chi connectivity index (χ1v) is 5.05. The number of carbonyl (C=O) groups is 2. The zero-order valence-electron chi connectivity index (χ0n) is 9.77. The quantitative estimate of drug-likeness (QED) is 0.524. The van der Waals surface area contributed by atoms with E-state index in [9.17, 15) is 14.7 Å². The second kappa shape index (κ2) is 6.27. The van der Waals surface area contributed by atoms with Crippen LogP contribution in [0.4, 0.5) is 0 Å². The van der Waals surface area contributed by atoms with Crippen molar-refractivity contribution in [2.24, 2.45) is 5.41 Å².